The third-order valence-corrected chi connectivity index (χ3v) is 2.23. The van der Waals surface area contributed by atoms with Crippen LogP contribution in [-0.4, -0.2) is 70.1 Å². The van der Waals surface area contributed by atoms with Gasteiger partial charge in [-0.25, -0.2) is 0 Å². The summed E-state index contributed by atoms with van der Waals surface area (Å²) in [7, 11) is 0. The van der Waals surface area contributed by atoms with Gasteiger partial charge in [-0.3, -0.25) is 9.69 Å². The highest BCUT2D eigenvalue weighted by Gasteiger charge is 2.08. The Bertz CT molecular complexity index is 189. The Hall–Kier alpha value is -0.690. The fourth-order valence-electron chi connectivity index (χ4n) is 1.42. The molecule has 1 saturated heterocycles. The first-order chi connectivity index (χ1) is 7.79. The Balaban J connectivity index is 2.27. The van der Waals surface area contributed by atoms with E-state index in [0.29, 0.717) is 52.7 Å². The van der Waals surface area contributed by atoms with Gasteiger partial charge in [0.1, 0.15) is 0 Å². The van der Waals surface area contributed by atoms with Crippen molar-refractivity contribution in [3.05, 3.63) is 0 Å². The molecule has 1 amide bonds. The Labute approximate surface area is 95.6 Å². The minimum absolute atomic E-state index is 0.253. The first kappa shape index (κ1) is 13.4. The van der Waals surface area contributed by atoms with E-state index in [1.54, 1.807) is 0 Å². The summed E-state index contributed by atoms with van der Waals surface area (Å²) in [6.45, 7) is 5.10. The predicted octanol–water partition coefficient (Wildman–Crippen LogP) is -1.16. The Morgan fingerprint density at radius 1 is 0.938 bits per heavy atom. The van der Waals surface area contributed by atoms with Gasteiger partial charge >= 0.3 is 0 Å². The number of carbonyl (C=O) groups excluding carboxylic acids is 1. The number of rotatable bonds is 2. The van der Waals surface area contributed by atoms with Crippen molar-refractivity contribution in [3.8, 4) is 0 Å². The lowest BCUT2D eigenvalue weighted by molar-refractivity contribution is -0.119. The minimum Gasteiger partial charge on any atom is -0.378 e. The van der Waals surface area contributed by atoms with Crippen molar-refractivity contribution in [1.82, 2.24) is 4.90 Å². The van der Waals surface area contributed by atoms with E-state index in [-0.39, 0.29) is 12.5 Å². The van der Waals surface area contributed by atoms with Gasteiger partial charge in [0, 0.05) is 13.1 Å². The summed E-state index contributed by atoms with van der Waals surface area (Å²) in [5.41, 5.74) is 5.16. The molecule has 0 spiro atoms. The molecule has 1 aliphatic rings. The summed E-state index contributed by atoms with van der Waals surface area (Å²) in [5.74, 6) is -0.324. The average molecular weight is 232 g/mol. The van der Waals surface area contributed by atoms with Crippen LogP contribution >= 0.6 is 0 Å². The number of carbonyl (C=O) groups is 1. The van der Waals surface area contributed by atoms with Crippen LogP contribution < -0.4 is 5.73 Å². The van der Waals surface area contributed by atoms with Crippen molar-refractivity contribution >= 4 is 5.91 Å². The monoisotopic (exact) mass is 232 g/mol. The van der Waals surface area contributed by atoms with Gasteiger partial charge in [-0.05, 0) is 0 Å². The van der Waals surface area contributed by atoms with Crippen LogP contribution in [0.1, 0.15) is 0 Å². The molecule has 1 heterocycles. The van der Waals surface area contributed by atoms with Gasteiger partial charge in [0.2, 0.25) is 5.91 Å². The third-order valence-electron chi connectivity index (χ3n) is 2.23. The minimum atomic E-state index is -0.324. The van der Waals surface area contributed by atoms with E-state index in [1.807, 2.05) is 4.90 Å². The number of primary amides is 1. The predicted molar refractivity (Wildman–Crippen MR) is 58.1 cm³/mol. The average Bonchev–Trinajstić information content (AvgIpc) is 2.21. The molecule has 0 aromatic rings. The van der Waals surface area contributed by atoms with Gasteiger partial charge in [0.25, 0.3) is 0 Å². The summed E-state index contributed by atoms with van der Waals surface area (Å²) in [5, 5.41) is 0. The second-order valence-corrected chi connectivity index (χ2v) is 3.58. The quantitative estimate of drug-likeness (QED) is 0.650. The van der Waals surface area contributed by atoms with E-state index in [4.69, 9.17) is 19.9 Å². The molecule has 6 heteroatoms. The van der Waals surface area contributed by atoms with E-state index in [9.17, 15) is 4.79 Å². The van der Waals surface area contributed by atoms with Crippen LogP contribution in [0.5, 0.6) is 0 Å². The topological polar surface area (TPSA) is 74.0 Å². The molecule has 0 unspecified atom stereocenters. The van der Waals surface area contributed by atoms with Crippen molar-refractivity contribution in [2.45, 2.75) is 0 Å². The van der Waals surface area contributed by atoms with Crippen LogP contribution in [-0.2, 0) is 19.0 Å². The highest BCUT2D eigenvalue weighted by Crippen LogP contribution is 1.91. The number of ether oxygens (including phenoxy) is 3. The maximum absolute atomic E-state index is 10.8. The van der Waals surface area contributed by atoms with E-state index < -0.39 is 0 Å². The van der Waals surface area contributed by atoms with Crippen molar-refractivity contribution in [2.75, 3.05) is 59.3 Å². The zero-order chi connectivity index (χ0) is 11.6. The molecule has 1 fully saturated rings. The number of nitrogens with two attached hydrogens (primary N) is 1. The van der Waals surface area contributed by atoms with Crippen molar-refractivity contribution < 1.29 is 19.0 Å². The largest absolute Gasteiger partial charge is 0.378 e. The first-order valence-corrected chi connectivity index (χ1v) is 5.53. The van der Waals surface area contributed by atoms with Crippen LogP contribution in [0.15, 0.2) is 0 Å². The second kappa shape index (κ2) is 8.46. The molecule has 1 aliphatic heterocycles. The Morgan fingerprint density at radius 2 is 1.38 bits per heavy atom. The molecule has 0 saturated carbocycles. The lowest BCUT2D eigenvalue weighted by Crippen LogP contribution is -2.38. The molecule has 16 heavy (non-hydrogen) atoms. The van der Waals surface area contributed by atoms with Crippen molar-refractivity contribution in [3.63, 3.8) is 0 Å². The van der Waals surface area contributed by atoms with Gasteiger partial charge in [-0.1, -0.05) is 0 Å². The summed E-state index contributed by atoms with van der Waals surface area (Å²) in [6, 6.07) is 0. The van der Waals surface area contributed by atoms with Gasteiger partial charge < -0.3 is 19.9 Å². The van der Waals surface area contributed by atoms with E-state index >= 15 is 0 Å². The zero-order valence-electron chi connectivity index (χ0n) is 9.52. The molecule has 2 N–H and O–H groups in total. The normalized spacial score (nSPS) is 22.0. The van der Waals surface area contributed by atoms with E-state index in [1.165, 1.54) is 0 Å². The number of hydrogen-bond acceptors (Lipinski definition) is 5. The molecule has 0 bridgehead atoms. The lowest BCUT2D eigenvalue weighted by Gasteiger charge is -2.21. The summed E-state index contributed by atoms with van der Waals surface area (Å²) < 4.78 is 16.0. The molecule has 0 aromatic carbocycles. The van der Waals surface area contributed by atoms with Crippen molar-refractivity contribution in [1.29, 1.82) is 0 Å². The summed E-state index contributed by atoms with van der Waals surface area (Å²) in [4.78, 5) is 12.8. The van der Waals surface area contributed by atoms with Crippen LogP contribution in [0.4, 0.5) is 0 Å². The van der Waals surface area contributed by atoms with Crippen LogP contribution in [0, 0.1) is 0 Å². The Kier molecular flexibility index (Phi) is 7.07. The van der Waals surface area contributed by atoms with Crippen molar-refractivity contribution in [2.24, 2.45) is 5.73 Å². The number of hydrogen-bond donors (Lipinski definition) is 1. The van der Waals surface area contributed by atoms with Crippen LogP contribution in [0.25, 0.3) is 0 Å². The van der Waals surface area contributed by atoms with E-state index in [2.05, 4.69) is 0 Å². The van der Waals surface area contributed by atoms with Gasteiger partial charge in [0.05, 0.1) is 46.2 Å². The molecule has 0 atom stereocenters. The molecule has 0 aliphatic carbocycles. The highest BCUT2D eigenvalue weighted by atomic mass is 16.5. The fraction of sp³-hybridized carbons (Fsp3) is 0.900. The maximum atomic E-state index is 10.8. The molecular formula is C10H20N2O4. The molecular weight excluding hydrogens is 212 g/mol. The molecule has 94 valence electrons. The van der Waals surface area contributed by atoms with Crippen LogP contribution in [0.2, 0.25) is 0 Å². The maximum Gasteiger partial charge on any atom is 0.231 e. The zero-order valence-corrected chi connectivity index (χ0v) is 9.52. The molecule has 0 aromatic heterocycles. The summed E-state index contributed by atoms with van der Waals surface area (Å²) >= 11 is 0. The smallest absolute Gasteiger partial charge is 0.231 e. The van der Waals surface area contributed by atoms with Gasteiger partial charge in [0.15, 0.2) is 0 Å². The SMILES string of the molecule is NC(=O)CN1CCOCCOCCOCC1. The number of nitrogens with zero attached hydrogens (tertiary/aromatic N) is 1. The Morgan fingerprint density at radius 3 is 1.81 bits per heavy atom. The molecule has 6 nitrogen and oxygen atoms in total. The number of amides is 1. The van der Waals surface area contributed by atoms with Crippen LogP contribution in [0.3, 0.4) is 0 Å². The fourth-order valence-corrected chi connectivity index (χ4v) is 1.42. The summed E-state index contributed by atoms with van der Waals surface area (Å²) in [6.07, 6.45) is 0. The lowest BCUT2D eigenvalue weighted by atomic mass is 10.4. The van der Waals surface area contributed by atoms with E-state index in [0.717, 1.165) is 0 Å². The highest BCUT2D eigenvalue weighted by molar-refractivity contribution is 5.75. The first-order valence-electron chi connectivity index (χ1n) is 5.53. The standard InChI is InChI=1S/C10H20N2O4/c11-10(13)9-12-1-3-14-5-7-16-8-6-15-4-2-12/h1-9H2,(H2,11,13). The molecule has 1 rings (SSSR count). The third kappa shape index (κ3) is 6.73. The van der Waals surface area contributed by atoms with Gasteiger partial charge in [-0.15, -0.1) is 0 Å². The molecule has 0 radical (unpaired) electrons. The van der Waals surface area contributed by atoms with Gasteiger partial charge in [-0.2, -0.15) is 0 Å². The second-order valence-electron chi connectivity index (χ2n) is 3.58.